The van der Waals surface area contributed by atoms with Crippen LogP contribution in [0, 0.1) is 18.8 Å². The summed E-state index contributed by atoms with van der Waals surface area (Å²) in [4.78, 5) is 33.3. The van der Waals surface area contributed by atoms with Crippen molar-refractivity contribution in [2.24, 2.45) is 5.73 Å². The smallest absolute Gasteiger partial charge is 0.266 e. The van der Waals surface area contributed by atoms with E-state index < -0.39 is 0 Å². The lowest BCUT2D eigenvalue weighted by Gasteiger charge is -2.11. The van der Waals surface area contributed by atoms with Gasteiger partial charge in [-0.15, -0.1) is 0 Å². The first-order valence-corrected chi connectivity index (χ1v) is 11.4. The lowest BCUT2D eigenvalue weighted by Crippen LogP contribution is -2.34. The summed E-state index contributed by atoms with van der Waals surface area (Å²) < 4.78 is 0. The average Bonchev–Trinajstić information content (AvgIpc) is 2.87. The molecule has 0 bridgehead atoms. The molecule has 2 aromatic heterocycles. The van der Waals surface area contributed by atoms with E-state index in [1.165, 1.54) is 6.20 Å². The largest absolute Gasteiger partial charge is 0.322 e. The van der Waals surface area contributed by atoms with Gasteiger partial charge in [0, 0.05) is 41.4 Å². The Kier molecular flexibility index (Phi) is 7.56. The van der Waals surface area contributed by atoms with E-state index in [0.717, 1.165) is 22.3 Å². The topological polar surface area (TPSA) is 122 Å². The summed E-state index contributed by atoms with van der Waals surface area (Å²) in [6.45, 7) is 1.80. The van der Waals surface area contributed by atoms with Crippen molar-refractivity contribution in [1.29, 1.82) is 0 Å². The van der Waals surface area contributed by atoms with Crippen LogP contribution < -0.4 is 21.9 Å². The molecule has 0 aliphatic carbocycles. The number of rotatable bonds is 5. The number of hydrogen-bond donors (Lipinski definition) is 4. The van der Waals surface area contributed by atoms with E-state index in [1.54, 1.807) is 19.2 Å². The highest BCUT2D eigenvalue weighted by Crippen LogP contribution is 2.26. The number of pyridine rings is 2. The number of aromatic nitrogens is 2. The molecule has 0 saturated heterocycles. The summed E-state index contributed by atoms with van der Waals surface area (Å²) >= 11 is 6.28. The molecule has 180 valence electrons. The predicted molar refractivity (Wildman–Crippen MR) is 141 cm³/mol. The third-order valence-corrected chi connectivity index (χ3v) is 5.59. The Labute approximate surface area is 213 Å². The number of hydrazine groups is 1. The van der Waals surface area contributed by atoms with Crippen molar-refractivity contribution in [3.05, 3.63) is 88.1 Å². The first-order chi connectivity index (χ1) is 17.4. The number of halogens is 1. The van der Waals surface area contributed by atoms with Gasteiger partial charge < -0.3 is 11.1 Å². The van der Waals surface area contributed by atoms with Crippen molar-refractivity contribution in [2.45, 2.75) is 6.92 Å². The maximum atomic E-state index is 12.7. The van der Waals surface area contributed by atoms with Gasteiger partial charge in [0.15, 0.2) is 0 Å². The maximum absolute atomic E-state index is 12.7. The molecule has 9 heteroatoms. The van der Waals surface area contributed by atoms with Crippen LogP contribution in [-0.4, -0.2) is 35.4 Å². The van der Waals surface area contributed by atoms with E-state index in [-0.39, 0.29) is 18.4 Å². The highest BCUT2D eigenvalue weighted by Gasteiger charge is 2.15. The Balaban J connectivity index is 1.71. The molecule has 0 fully saturated rings. The molecule has 5 N–H and O–H groups in total. The molecule has 8 nitrogen and oxygen atoms in total. The second-order valence-electron chi connectivity index (χ2n) is 7.91. The number of anilines is 1. The molecule has 4 aromatic rings. The van der Waals surface area contributed by atoms with Crippen molar-refractivity contribution in [1.82, 2.24) is 20.8 Å². The number of carbonyl (C=O) groups excluding carboxylic acids is 2. The molecule has 4 rings (SSSR count). The predicted octanol–water partition coefficient (Wildman–Crippen LogP) is 3.42. The number of nitrogens with zero attached hydrogens (tertiary/aromatic N) is 2. The molecule has 2 heterocycles. The van der Waals surface area contributed by atoms with E-state index in [1.807, 2.05) is 49.4 Å². The molecule has 0 aliphatic rings. The average molecular weight is 499 g/mol. The number of nitrogens with two attached hydrogens (primary N) is 1. The highest BCUT2D eigenvalue weighted by molar-refractivity contribution is 6.31. The van der Waals surface area contributed by atoms with Crippen LogP contribution in [0.2, 0.25) is 5.02 Å². The van der Waals surface area contributed by atoms with Gasteiger partial charge in [0.05, 0.1) is 28.3 Å². The molecule has 2 amide bonds. The molecular weight excluding hydrogens is 476 g/mol. The minimum atomic E-state index is -0.380. The van der Waals surface area contributed by atoms with E-state index in [2.05, 4.69) is 33.0 Å². The van der Waals surface area contributed by atoms with Gasteiger partial charge in [-0.2, -0.15) is 0 Å². The summed E-state index contributed by atoms with van der Waals surface area (Å²) in [5.41, 5.74) is 15.5. The zero-order valence-corrected chi connectivity index (χ0v) is 20.4. The third kappa shape index (κ3) is 5.67. The first-order valence-electron chi connectivity index (χ1n) is 11.0. The standard InChI is InChI=1S/C27H23ClN6O2/c1-16-3-7-18(22(28)11-16)8-4-17-5-9-19(10-6-17)23-12-20(27(36)34-30-2)21-15-31-25(13-24(21)32-23)33-26(35)14-29/h3,5-7,9-13,15,30H,14,29H2,1-2H3,(H,34,36)(H,31,33,35). The van der Waals surface area contributed by atoms with E-state index in [4.69, 9.17) is 22.3 Å². The monoisotopic (exact) mass is 498 g/mol. The van der Waals surface area contributed by atoms with Gasteiger partial charge in [-0.1, -0.05) is 41.6 Å². The summed E-state index contributed by atoms with van der Waals surface area (Å²) in [5.74, 6) is 5.79. The van der Waals surface area contributed by atoms with Crippen molar-refractivity contribution in [3.63, 3.8) is 0 Å². The van der Waals surface area contributed by atoms with E-state index in [0.29, 0.717) is 33.0 Å². The summed E-state index contributed by atoms with van der Waals surface area (Å²) in [7, 11) is 1.60. The van der Waals surface area contributed by atoms with Gasteiger partial charge in [-0.25, -0.2) is 15.4 Å². The number of amides is 2. The van der Waals surface area contributed by atoms with Gasteiger partial charge in [0.25, 0.3) is 5.91 Å². The highest BCUT2D eigenvalue weighted by atomic mass is 35.5. The van der Waals surface area contributed by atoms with E-state index in [9.17, 15) is 9.59 Å². The van der Waals surface area contributed by atoms with Crippen LogP contribution in [-0.2, 0) is 4.79 Å². The second kappa shape index (κ2) is 11.0. The summed E-state index contributed by atoms with van der Waals surface area (Å²) in [6.07, 6.45) is 1.50. The van der Waals surface area contributed by atoms with Crippen LogP contribution in [0.15, 0.2) is 60.8 Å². The number of aryl methyl sites for hydroxylation is 1. The Morgan fingerprint density at radius 1 is 1.06 bits per heavy atom. The lowest BCUT2D eigenvalue weighted by atomic mass is 10.0. The van der Waals surface area contributed by atoms with Gasteiger partial charge in [0.1, 0.15) is 5.82 Å². The molecule has 0 unspecified atom stereocenters. The Bertz CT molecular complexity index is 1520. The van der Waals surface area contributed by atoms with Crippen LogP contribution in [0.1, 0.15) is 27.0 Å². The molecule has 0 spiro atoms. The Morgan fingerprint density at radius 2 is 1.83 bits per heavy atom. The van der Waals surface area contributed by atoms with Crippen LogP contribution in [0.5, 0.6) is 0 Å². The normalized spacial score (nSPS) is 10.4. The lowest BCUT2D eigenvalue weighted by molar-refractivity contribution is -0.114. The third-order valence-electron chi connectivity index (χ3n) is 5.28. The fourth-order valence-corrected chi connectivity index (χ4v) is 3.77. The fourth-order valence-electron chi connectivity index (χ4n) is 3.49. The van der Waals surface area contributed by atoms with Gasteiger partial charge >= 0.3 is 0 Å². The van der Waals surface area contributed by atoms with Crippen molar-refractivity contribution in [2.75, 3.05) is 18.9 Å². The summed E-state index contributed by atoms with van der Waals surface area (Å²) in [6, 6.07) is 16.6. The molecule has 2 aromatic carbocycles. The Morgan fingerprint density at radius 3 is 2.53 bits per heavy atom. The van der Waals surface area contributed by atoms with Crippen LogP contribution in [0.4, 0.5) is 5.82 Å². The fraction of sp³-hybridized carbons (Fsp3) is 0.111. The number of fused-ring (bicyclic) bond motifs is 1. The molecule has 0 aliphatic heterocycles. The van der Waals surface area contributed by atoms with Gasteiger partial charge in [-0.05, 0) is 42.8 Å². The first kappa shape index (κ1) is 24.8. The molecule has 0 saturated carbocycles. The minimum absolute atomic E-state index is 0.172. The van der Waals surface area contributed by atoms with Crippen molar-refractivity contribution >= 4 is 40.1 Å². The van der Waals surface area contributed by atoms with E-state index >= 15 is 0 Å². The zero-order valence-electron chi connectivity index (χ0n) is 19.6. The Hall–Kier alpha value is -4.29. The van der Waals surface area contributed by atoms with Gasteiger partial charge in [0.2, 0.25) is 5.91 Å². The summed E-state index contributed by atoms with van der Waals surface area (Å²) in [5, 5.41) is 3.76. The quantitative estimate of drug-likeness (QED) is 0.247. The number of benzene rings is 2. The van der Waals surface area contributed by atoms with Crippen LogP contribution >= 0.6 is 11.6 Å². The minimum Gasteiger partial charge on any atom is -0.322 e. The van der Waals surface area contributed by atoms with Gasteiger partial charge in [-0.3, -0.25) is 15.0 Å². The zero-order chi connectivity index (χ0) is 25.7. The van der Waals surface area contributed by atoms with Crippen LogP contribution in [0.3, 0.4) is 0 Å². The van der Waals surface area contributed by atoms with Crippen molar-refractivity contribution < 1.29 is 9.59 Å². The molecule has 0 radical (unpaired) electrons. The van der Waals surface area contributed by atoms with Crippen LogP contribution in [0.25, 0.3) is 22.2 Å². The maximum Gasteiger partial charge on any atom is 0.266 e. The number of carbonyl (C=O) groups is 2. The second-order valence-corrected chi connectivity index (χ2v) is 8.32. The molecular formula is C27H23ClN6O2. The number of hydrogen-bond acceptors (Lipinski definition) is 6. The molecule has 36 heavy (non-hydrogen) atoms. The SMILES string of the molecule is CNNC(=O)c1cc(-c2ccc(C#Cc3ccc(C)cc3Cl)cc2)nc2cc(NC(=O)CN)ncc12. The van der Waals surface area contributed by atoms with Crippen molar-refractivity contribution in [3.8, 4) is 23.1 Å². The molecule has 0 atom stereocenters. The number of nitrogens with one attached hydrogen (secondary N) is 3.